The number of allylic oxidation sites excluding steroid dienone is 3. The van der Waals surface area contributed by atoms with E-state index >= 15 is 0 Å². The summed E-state index contributed by atoms with van der Waals surface area (Å²) in [4.78, 5) is 1.86. The molecule has 1 aliphatic heterocycles. The average molecular weight is 280 g/mol. The van der Waals surface area contributed by atoms with E-state index in [9.17, 15) is 4.39 Å². The number of likely N-dealkylation sites (N-methyl/N-ethyl adjacent to an activating group) is 1. The van der Waals surface area contributed by atoms with Crippen LogP contribution < -0.4 is 0 Å². The zero-order valence-electron chi connectivity index (χ0n) is 8.87. The molecule has 1 aromatic carbocycles. The van der Waals surface area contributed by atoms with Gasteiger partial charge in [-0.2, -0.15) is 0 Å². The van der Waals surface area contributed by atoms with Crippen molar-refractivity contribution < 1.29 is 4.39 Å². The lowest BCUT2D eigenvalue weighted by molar-refractivity contribution is 0.586. The minimum atomic E-state index is -0.222. The van der Waals surface area contributed by atoms with Crippen molar-refractivity contribution >= 4 is 21.6 Å². The maximum Gasteiger partial charge on any atom is 0.132 e. The first kappa shape index (κ1) is 11.1. The van der Waals surface area contributed by atoms with Crippen molar-refractivity contribution in [3.8, 4) is 0 Å². The van der Waals surface area contributed by atoms with Gasteiger partial charge in [-0.15, -0.1) is 0 Å². The number of hydrogen-bond acceptors (Lipinski definition) is 1. The van der Waals surface area contributed by atoms with Crippen LogP contribution in [0.1, 0.15) is 5.56 Å². The second-order valence-electron chi connectivity index (χ2n) is 3.55. The Balaban J connectivity index is 2.50. The summed E-state index contributed by atoms with van der Waals surface area (Å²) in [6, 6.07) is 6.73. The fourth-order valence-corrected chi connectivity index (χ4v) is 2.00. The molecule has 0 atom stereocenters. The van der Waals surface area contributed by atoms with Crippen molar-refractivity contribution in [2.24, 2.45) is 0 Å². The molecule has 82 valence electrons. The molecule has 1 heterocycles. The van der Waals surface area contributed by atoms with Crippen molar-refractivity contribution in [2.75, 3.05) is 7.05 Å². The van der Waals surface area contributed by atoms with Crippen molar-refractivity contribution in [3.63, 3.8) is 0 Å². The van der Waals surface area contributed by atoms with Gasteiger partial charge in [-0.3, -0.25) is 0 Å². The van der Waals surface area contributed by atoms with E-state index in [-0.39, 0.29) is 5.82 Å². The highest BCUT2D eigenvalue weighted by atomic mass is 79.9. The third-order valence-electron chi connectivity index (χ3n) is 2.58. The van der Waals surface area contributed by atoms with E-state index in [0.717, 1.165) is 15.9 Å². The number of benzene rings is 1. The van der Waals surface area contributed by atoms with E-state index < -0.39 is 0 Å². The van der Waals surface area contributed by atoms with Gasteiger partial charge in [0, 0.05) is 22.8 Å². The molecule has 0 spiro atoms. The zero-order valence-corrected chi connectivity index (χ0v) is 10.5. The van der Waals surface area contributed by atoms with E-state index in [1.54, 1.807) is 12.1 Å². The van der Waals surface area contributed by atoms with Gasteiger partial charge in [0.25, 0.3) is 0 Å². The smallest absolute Gasteiger partial charge is 0.132 e. The molecule has 2 rings (SSSR count). The number of rotatable bonds is 1. The Hall–Kier alpha value is -1.35. The number of hydrogen-bond donors (Lipinski definition) is 0. The van der Waals surface area contributed by atoms with Gasteiger partial charge in [-0.25, -0.2) is 4.39 Å². The molecule has 0 saturated heterocycles. The monoisotopic (exact) mass is 279 g/mol. The third-order valence-corrected chi connectivity index (χ3v) is 3.30. The molecular formula is C13H11BrFN. The molecule has 16 heavy (non-hydrogen) atoms. The lowest BCUT2D eigenvalue weighted by Crippen LogP contribution is -2.18. The van der Waals surface area contributed by atoms with Crippen LogP contribution in [0.4, 0.5) is 4.39 Å². The van der Waals surface area contributed by atoms with Gasteiger partial charge in [0.2, 0.25) is 0 Å². The molecule has 1 aromatic rings. The summed E-state index contributed by atoms with van der Waals surface area (Å²) in [6.07, 6.45) is 3.75. The minimum Gasteiger partial charge on any atom is -0.344 e. The second-order valence-corrected chi connectivity index (χ2v) is 4.41. The molecule has 0 fully saturated rings. The van der Waals surface area contributed by atoms with Crippen LogP contribution in [0.5, 0.6) is 0 Å². The van der Waals surface area contributed by atoms with Crippen LogP contribution in [0.25, 0.3) is 5.70 Å². The molecular weight excluding hydrogens is 269 g/mol. The molecule has 0 aliphatic carbocycles. The summed E-state index contributed by atoms with van der Waals surface area (Å²) in [5, 5.41) is 0. The molecule has 0 aromatic heterocycles. The average Bonchev–Trinajstić information content (AvgIpc) is 2.28. The molecule has 0 radical (unpaired) electrons. The van der Waals surface area contributed by atoms with Gasteiger partial charge in [0.1, 0.15) is 5.82 Å². The molecule has 0 N–H and O–H groups in total. The Morgan fingerprint density at radius 2 is 1.94 bits per heavy atom. The number of nitrogens with zero attached hydrogens (tertiary/aromatic N) is 1. The number of halogens is 2. The van der Waals surface area contributed by atoms with Gasteiger partial charge < -0.3 is 4.90 Å². The minimum absolute atomic E-state index is 0.222. The van der Waals surface area contributed by atoms with Crippen molar-refractivity contribution in [3.05, 3.63) is 64.6 Å². The first-order valence-electron chi connectivity index (χ1n) is 4.86. The summed E-state index contributed by atoms with van der Waals surface area (Å²) in [5.74, 6) is -0.222. The van der Waals surface area contributed by atoms with Gasteiger partial charge >= 0.3 is 0 Å². The Morgan fingerprint density at radius 3 is 2.62 bits per heavy atom. The third kappa shape index (κ3) is 1.83. The van der Waals surface area contributed by atoms with E-state index in [1.165, 1.54) is 6.07 Å². The van der Waals surface area contributed by atoms with Gasteiger partial charge in [-0.1, -0.05) is 18.7 Å². The topological polar surface area (TPSA) is 3.24 Å². The lowest BCUT2D eigenvalue weighted by atomic mass is 10.1. The predicted octanol–water partition coefficient (Wildman–Crippen LogP) is 3.90. The molecule has 0 amide bonds. The normalized spacial score (nSPS) is 15.9. The van der Waals surface area contributed by atoms with E-state index in [1.807, 2.05) is 30.2 Å². The largest absolute Gasteiger partial charge is 0.344 e. The van der Waals surface area contributed by atoms with Crippen LogP contribution in [0.15, 0.2) is 53.2 Å². The van der Waals surface area contributed by atoms with Crippen LogP contribution in [-0.4, -0.2) is 11.9 Å². The molecule has 3 heteroatoms. The summed E-state index contributed by atoms with van der Waals surface area (Å²) < 4.78 is 14.6. The van der Waals surface area contributed by atoms with E-state index in [4.69, 9.17) is 0 Å². The zero-order chi connectivity index (χ0) is 11.7. The maximum atomic E-state index is 13.6. The Bertz CT molecular complexity index is 502. The van der Waals surface area contributed by atoms with Crippen molar-refractivity contribution in [1.29, 1.82) is 0 Å². The van der Waals surface area contributed by atoms with E-state index in [0.29, 0.717) is 5.56 Å². The molecule has 0 saturated carbocycles. The molecule has 0 unspecified atom stereocenters. The Morgan fingerprint density at radius 1 is 1.25 bits per heavy atom. The van der Waals surface area contributed by atoms with Crippen LogP contribution in [-0.2, 0) is 0 Å². The quantitative estimate of drug-likeness (QED) is 0.754. The van der Waals surface area contributed by atoms with Crippen molar-refractivity contribution in [2.45, 2.75) is 0 Å². The van der Waals surface area contributed by atoms with Crippen LogP contribution in [0.3, 0.4) is 0 Å². The fraction of sp³-hybridized carbons (Fsp3) is 0.0769. The van der Waals surface area contributed by atoms with Crippen LogP contribution >= 0.6 is 15.9 Å². The van der Waals surface area contributed by atoms with Gasteiger partial charge in [0.15, 0.2) is 0 Å². The summed E-state index contributed by atoms with van der Waals surface area (Å²) >= 11 is 3.39. The first-order chi connectivity index (χ1) is 7.61. The van der Waals surface area contributed by atoms with Gasteiger partial charge in [0.05, 0.1) is 5.70 Å². The Kier molecular flexibility index (Phi) is 2.97. The lowest BCUT2D eigenvalue weighted by Gasteiger charge is -2.27. The maximum absolute atomic E-state index is 13.6. The fourth-order valence-electron chi connectivity index (χ4n) is 1.61. The van der Waals surface area contributed by atoms with Gasteiger partial charge in [-0.05, 0) is 40.2 Å². The SMILES string of the molecule is C=C1C(Br)=CC=C(c2ccccc2F)N1C. The second kappa shape index (κ2) is 4.26. The van der Waals surface area contributed by atoms with E-state index in [2.05, 4.69) is 22.5 Å². The highest BCUT2D eigenvalue weighted by Gasteiger charge is 2.17. The molecule has 1 nitrogen and oxygen atoms in total. The molecule has 0 bridgehead atoms. The predicted molar refractivity (Wildman–Crippen MR) is 68.3 cm³/mol. The first-order valence-corrected chi connectivity index (χ1v) is 5.66. The summed E-state index contributed by atoms with van der Waals surface area (Å²) in [7, 11) is 1.87. The highest BCUT2D eigenvalue weighted by Crippen LogP contribution is 2.32. The summed E-state index contributed by atoms with van der Waals surface area (Å²) in [6.45, 7) is 3.93. The summed E-state index contributed by atoms with van der Waals surface area (Å²) in [5.41, 5.74) is 2.22. The molecule has 1 aliphatic rings. The van der Waals surface area contributed by atoms with Crippen LogP contribution in [0, 0.1) is 5.82 Å². The van der Waals surface area contributed by atoms with Crippen molar-refractivity contribution in [1.82, 2.24) is 4.90 Å². The highest BCUT2D eigenvalue weighted by molar-refractivity contribution is 9.12. The Labute approximate surface area is 103 Å². The standard InChI is InChI=1S/C13H11BrFN/c1-9-11(14)7-8-13(16(9)2)10-5-3-4-6-12(10)15/h3-8H,1H2,2H3. The van der Waals surface area contributed by atoms with Crippen LogP contribution in [0.2, 0.25) is 0 Å².